The number of hydrogen-bond donors (Lipinski definition) is 1. The van der Waals surface area contributed by atoms with Crippen LogP contribution in [0.4, 0.5) is 0 Å². The van der Waals surface area contributed by atoms with Gasteiger partial charge in [0.25, 0.3) is 5.91 Å². The normalized spacial score (nSPS) is 12.2. The molecule has 5 aromatic rings. The number of nitrogens with zero attached hydrogens (tertiary/aromatic N) is 3. The molecule has 0 aliphatic rings. The lowest BCUT2D eigenvalue weighted by atomic mass is 10.1. The minimum absolute atomic E-state index is 0.0167. The standard InChI is InChI=1S/C36H33BrCl2N4O6S2/c1-26-7-14-32(15-8-26)51(47,48)43(23-28-9-18-34(38)35(39)21-28)24-31-13-12-30(49-31)22-40-41-36(44)25-42(20-19-27-5-3-2-4-6-27)50(45,46)33-16-10-29(37)11-17-33/h2-18,21-22H,19-20,23-25H2,1H3,(H,41,44)/b40-22-. The Morgan fingerprint density at radius 3 is 2.10 bits per heavy atom. The predicted octanol–water partition coefficient (Wildman–Crippen LogP) is 7.43. The van der Waals surface area contributed by atoms with E-state index in [2.05, 4.69) is 26.5 Å². The molecule has 0 spiro atoms. The molecule has 5 rings (SSSR count). The first kappa shape index (κ1) is 38.4. The van der Waals surface area contributed by atoms with Gasteiger partial charge in [0.1, 0.15) is 11.5 Å². The molecule has 0 saturated heterocycles. The zero-order valence-corrected chi connectivity index (χ0v) is 32.0. The van der Waals surface area contributed by atoms with Crippen LogP contribution in [0.2, 0.25) is 10.0 Å². The fourth-order valence-corrected chi connectivity index (χ4v) is 8.33. The predicted molar refractivity (Wildman–Crippen MR) is 202 cm³/mol. The first-order valence-corrected chi connectivity index (χ1v) is 20.0. The summed E-state index contributed by atoms with van der Waals surface area (Å²) in [7, 11) is -7.99. The van der Waals surface area contributed by atoms with Crippen LogP contribution in [-0.4, -0.2) is 50.7 Å². The summed E-state index contributed by atoms with van der Waals surface area (Å²) in [6.07, 6.45) is 1.64. The maximum atomic E-state index is 13.8. The summed E-state index contributed by atoms with van der Waals surface area (Å²) in [5.41, 5.74) is 4.82. The summed E-state index contributed by atoms with van der Waals surface area (Å²) < 4.78 is 63.5. The molecule has 266 valence electrons. The van der Waals surface area contributed by atoms with Gasteiger partial charge in [-0.05, 0) is 85.1 Å². The average molecular weight is 833 g/mol. The van der Waals surface area contributed by atoms with Gasteiger partial charge >= 0.3 is 0 Å². The number of carbonyl (C=O) groups is 1. The Kier molecular flexibility index (Phi) is 12.9. The summed E-state index contributed by atoms with van der Waals surface area (Å²) in [5, 5.41) is 4.60. The van der Waals surface area contributed by atoms with Gasteiger partial charge in [-0.3, -0.25) is 4.79 Å². The highest BCUT2D eigenvalue weighted by molar-refractivity contribution is 9.10. The van der Waals surface area contributed by atoms with Crippen molar-refractivity contribution in [1.82, 2.24) is 14.0 Å². The van der Waals surface area contributed by atoms with E-state index in [9.17, 15) is 21.6 Å². The molecular formula is C36H33BrCl2N4O6S2. The van der Waals surface area contributed by atoms with Crippen molar-refractivity contribution in [2.45, 2.75) is 36.2 Å². The van der Waals surface area contributed by atoms with Crippen molar-refractivity contribution in [3.63, 3.8) is 0 Å². The molecule has 0 bridgehead atoms. The number of rotatable bonds is 15. The summed E-state index contributed by atoms with van der Waals surface area (Å²) in [6.45, 7) is 1.31. The van der Waals surface area contributed by atoms with Crippen molar-refractivity contribution >= 4 is 71.3 Å². The number of hydrazone groups is 1. The van der Waals surface area contributed by atoms with Gasteiger partial charge in [0, 0.05) is 17.6 Å². The molecule has 0 saturated carbocycles. The lowest BCUT2D eigenvalue weighted by Gasteiger charge is -2.22. The van der Waals surface area contributed by atoms with E-state index in [4.69, 9.17) is 27.6 Å². The number of nitrogens with one attached hydrogen (secondary N) is 1. The van der Waals surface area contributed by atoms with E-state index in [1.807, 2.05) is 37.3 Å². The maximum Gasteiger partial charge on any atom is 0.255 e. The molecule has 4 aromatic carbocycles. The SMILES string of the molecule is Cc1ccc(S(=O)(=O)N(Cc2ccc(Cl)c(Cl)c2)Cc2ccc(/C=N\NC(=O)CN(CCc3ccccc3)S(=O)(=O)c3ccc(Br)cc3)o2)cc1. The Labute approximate surface area is 315 Å². The molecule has 0 radical (unpaired) electrons. The van der Waals surface area contributed by atoms with Gasteiger partial charge in [-0.25, -0.2) is 22.3 Å². The van der Waals surface area contributed by atoms with Crippen LogP contribution in [0.1, 0.15) is 28.2 Å². The number of aryl methyl sites for hydroxylation is 1. The zero-order valence-electron chi connectivity index (χ0n) is 27.2. The van der Waals surface area contributed by atoms with Crippen molar-refractivity contribution in [3.05, 3.63) is 152 Å². The van der Waals surface area contributed by atoms with Gasteiger partial charge in [0.05, 0.1) is 39.1 Å². The van der Waals surface area contributed by atoms with Crippen LogP contribution in [0.3, 0.4) is 0 Å². The number of hydrogen-bond acceptors (Lipinski definition) is 7. The third kappa shape index (κ3) is 10.4. The van der Waals surface area contributed by atoms with E-state index in [1.165, 1.54) is 22.7 Å². The summed E-state index contributed by atoms with van der Waals surface area (Å²) in [4.78, 5) is 13.1. The monoisotopic (exact) mass is 830 g/mol. The van der Waals surface area contributed by atoms with Crippen LogP contribution in [0.25, 0.3) is 0 Å². The van der Waals surface area contributed by atoms with E-state index in [0.29, 0.717) is 27.8 Å². The Morgan fingerprint density at radius 1 is 0.784 bits per heavy atom. The molecule has 0 unspecified atom stereocenters. The molecule has 1 amide bonds. The Balaban J connectivity index is 1.28. The second-order valence-electron chi connectivity index (χ2n) is 11.5. The van der Waals surface area contributed by atoms with E-state index >= 15 is 0 Å². The zero-order chi connectivity index (χ0) is 36.6. The third-order valence-electron chi connectivity index (χ3n) is 7.66. The van der Waals surface area contributed by atoms with Crippen molar-refractivity contribution in [3.8, 4) is 0 Å². The molecule has 1 aromatic heterocycles. The van der Waals surface area contributed by atoms with Crippen molar-refractivity contribution in [1.29, 1.82) is 0 Å². The fraction of sp³-hybridized carbons (Fsp3) is 0.167. The molecule has 0 fully saturated rings. The molecular weight excluding hydrogens is 799 g/mol. The quantitative estimate of drug-likeness (QED) is 0.0864. The van der Waals surface area contributed by atoms with E-state index in [-0.39, 0.29) is 35.2 Å². The smallest absolute Gasteiger partial charge is 0.255 e. The van der Waals surface area contributed by atoms with Crippen LogP contribution in [-0.2, 0) is 44.4 Å². The minimum Gasteiger partial charge on any atom is -0.459 e. The summed E-state index contributed by atoms with van der Waals surface area (Å²) in [5.74, 6) is -0.120. The van der Waals surface area contributed by atoms with Crippen LogP contribution in [0, 0.1) is 6.92 Å². The molecule has 1 N–H and O–H groups in total. The molecule has 0 atom stereocenters. The molecule has 51 heavy (non-hydrogen) atoms. The van der Waals surface area contributed by atoms with Gasteiger partial charge in [-0.1, -0.05) is 93.2 Å². The highest BCUT2D eigenvalue weighted by atomic mass is 79.9. The van der Waals surface area contributed by atoms with E-state index < -0.39 is 32.5 Å². The number of carbonyl (C=O) groups excluding carboxylic acids is 1. The number of furan rings is 1. The second-order valence-corrected chi connectivity index (χ2v) is 17.1. The Bertz CT molecular complexity index is 2220. The average Bonchev–Trinajstić information content (AvgIpc) is 3.55. The number of sulfonamides is 2. The van der Waals surface area contributed by atoms with Crippen LogP contribution < -0.4 is 5.43 Å². The second kappa shape index (κ2) is 17.1. The topological polar surface area (TPSA) is 129 Å². The lowest BCUT2D eigenvalue weighted by Crippen LogP contribution is -2.40. The van der Waals surface area contributed by atoms with E-state index in [0.717, 1.165) is 19.9 Å². The van der Waals surface area contributed by atoms with Crippen LogP contribution in [0.15, 0.2) is 133 Å². The van der Waals surface area contributed by atoms with E-state index in [1.54, 1.807) is 66.7 Å². The fourth-order valence-electron chi connectivity index (χ4n) is 4.95. The number of halogens is 3. The maximum absolute atomic E-state index is 13.8. The largest absolute Gasteiger partial charge is 0.459 e. The highest BCUT2D eigenvalue weighted by Crippen LogP contribution is 2.27. The number of benzene rings is 4. The van der Waals surface area contributed by atoms with Crippen LogP contribution >= 0.6 is 39.1 Å². The Hall–Kier alpha value is -3.82. The molecule has 1 heterocycles. The van der Waals surface area contributed by atoms with Gasteiger partial charge in [-0.15, -0.1) is 0 Å². The van der Waals surface area contributed by atoms with Gasteiger partial charge < -0.3 is 4.42 Å². The van der Waals surface area contributed by atoms with Crippen LogP contribution in [0.5, 0.6) is 0 Å². The minimum atomic E-state index is -4.02. The highest BCUT2D eigenvalue weighted by Gasteiger charge is 2.28. The van der Waals surface area contributed by atoms with Crippen molar-refractivity contribution < 1.29 is 26.0 Å². The molecule has 0 aliphatic carbocycles. The van der Waals surface area contributed by atoms with Gasteiger partial charge in [0.2, 0.25) is 20.0 Å². The van der Waals surface area contributed by atoms with Crippen molar-refractivity contribution in [2.24, 2.45) is 5.10 Å². The van der Waals surface area contributed by atoms with Gasteiger partial charge in [0.15, 0.2) is 0 Å². The lowest BCUT2D eigenvalue weighted by molar-refractivity contribution is -0.121. The van der Waals surface area contributed by atoms with Gasteiger partial charge in [-0.2, -0.15) is 13.7 Å². The summed E-state index contributed by atoms with van der Waals surface area (Å²) >= 11 is 15.6. The van der Waals surface area contributed by atoms with Crippen molar-refractivity contribution in [2.75, 3.05) is 13.1 Å². The molecule has 0 aliphatic heterocycles. The molecule has 15 heteroatoms. The first-order chi connectivity index (χ1) is 24.3. The third-order valence-corrected chi connectivity index (χ3v) is 12.6. The number of amides is 1. The molecule has 10 nitrogen and oxygen atoms in total. The Morgan fingerprint density at radius 2 is 1.43 bits per heavy atom. The first-order valence-electron chi connectivity index (χ1n) is 15.5. The summed E-state index contributed by atoms with van der Waals surface area (Å²) in [6, 6.07) is 30.2.